The molecule has 1 fully saturated rings. The van der Waals surface area contributed by atoms with Crippen LogP contribution in [0.15, 0.2) is 18.2 Å². The van der Waals surface area contributed by atoms with Gasteiger partial charge in [-0.1, -0.05) is 25.4 Å². The number of piperidine rings is 1. The van der Waals surface area contributed by atoms with Crippen molar-refractivity contribution in [3.8, 4) is 0 Å². The van der Waals surface area contributed by atoms with Crippen LogP contribution in [-0.4, -0.2) is 52.8 Å². The van der Waals surface area contributed by atoms with E-state index in [2.05, 4.69) is 18.8 Å². The zero-order chi connectivity index (χ0) is 21.5. The molecule has 2 aromatic rings. The predicted molar refractivity (Wildman–Crippen MR) is 116 cm³/mol. The maximum absolute atomic E-state index is 13.7. The summed E-state index contributed by atoms with van der Waals surface area (Å²) in [4.78, 5) is 20.4. The fraction of sp³-hybridized carbons (Fsp3) is 0.609. The van der Waals surface area contributed by atoms with E-state index in [0.29, 0.717) is 37.0 Å². The van der Waals surface area contributed by atoms with Crippen molar-refractivity contribution >= 4 is 28.4 Å². The molecule has 1 atom stereocenters. The Kier molecular flexibility index (Phi) is 6.08. The lowest BCUT2D eigenvalue weighted by molar-refractivity contribution is -0.135. The molecule has 1 aromatic heterocycles. The predicted octanol–water partition coefficient (Wildman–Crippen LogP) is 5.41. The van der Waals surface area contributed by atoms with Crippen molar-refractivity contribution in [2.75, 3.05) is 26.2 Å². The van der Waals surface area contributed by atoms with E-state index >= 15 is 0 Å². The number of halogens is 3. The Balaban J connectivity index is 1.52. The zero-order valence-corrected chi connectivity index (χ0v) is 18.4. The highest BCUT2D eigenvalue weighted by atomic mass is 35.5. The van der Waals surface area contributed by atoms with Gasteiger partial charge in [-0.2, -0.15) is 0 Å². The van der Waals surface area contributed by atoms with Crippen LogP contribution >= 0.6 is 11.6 Å². The highest BCUT2D eigenvalue weighted by molar-refractivity contribution is 6.31. The van der Waals surface area contributed by atoms with E-state index in [-0.39, 0.29) is 31.3 Å². The molecule has 1 amide bonds. The number of fused-ring (bicyclic) bond motifs is 3. The number of aromatic nitrogens is 1. The Hall–Kier alpha value is -1.66. The highest BCUT2D eigenvalue weighted by Gasteiger charge is 2.36. The van der Waals surface area contributed by atoms with Crippen molar-refractivity contribution in [3.63, 3.8) is 0 Å². The summed E-state index contributed by atoms with van der Waals surface area (Å²) in [6.07, 6.45) is 2.36. The number of hydrogen-bond acceptors (Lipinski definition) is 2. The van der Waals surface area contributed by atoms with Crippen LogP contribution in [0, 0.1) is 5.92 Å². The standard InChI is InChI=1S/C23H30ClF2N3O/c1-15(2)12-20-22-17(18-13-16(24)4-5-19(18)27-22)6-11-29(20)21(30)7-10-28-9-3-8-23(25,26)14-28/h4-5,13,15,20,27H,3,6-12,14H2,1-2H3. The number of hydrogen-bond donors (Lipinski definition) is 1. The van der Waals surface area contributed by atoms with Crippen molar-refractivity contribution in [3.05, 3.63) is 34.5 Å². The van der Waals surface area contributed by atoms with Crippen LogP contribution in [0.3, 0.4) is 0 Å². The second-order valence-corrected chi connectivity index (χ2v) is 9.61. The van der Waals surface area contributed by atoms with E-state index in [1.54, 1.807) is 4.90 Å². The Morgan fingerprint density at radius 3 is 2.87 bits per heavy atom. The molecule has 164 valence electrons. The smallest absolute Gasteiger partial charge is 0.260 e. The Bertz CT molecular complexity index is 927. The third-order valence-electron chi connectivity index (χ3n) is 6.34. The summed E-state index contributed by atoms with van der Waals surface area (Å²) in [7, 11) is 0. The molecular formula is C23H30ClF2N3O. The number of alkyl halides is 2. The summed E-state index contributed by atoms with van der Waals surface area (Å²) in [5, 5.41) is 1.84. The minimum atomic E-state index is -2.63. The first-order chi connectivity index (χ1) is 14.2. The third kappa shape index (κ3) is 4.50. The van der Waals surface area contributed by atoms with Crippen LogP contribution in [0.2, 0.25) is 5.02 Å². The van der Waals surface area contributed by atoms with Gasteiger partial charge in [0.2, 0.25) is 5.91 Å². The molecule has 0 spiro atoms. The molecule has 1 saturated heterocycles. The van der Waals surface area contributed by atoms with Crippen molar-refractivity contribution in [1.29, 1.82) is 0 Å². The van der Waals surface area contributed by atoms with Gasteiger partial charge >= 0.3 is 0 Å². The van der Waals surface area contributed by atoms with Crippen molar-refractivity contribution < 1.29 is 13.6 Å². The first-order valence-corrected chi connectivity index (χ1v) is 11.3. The van der Waals surface area contributed by atoms with Crippen LogP contribution in [0.1, 0.15) is 56.8 Å². The largest absolute Gasteiger partial charge is 0.356 e. The first-order valence-electron chi connectivity index (χ1n) is 10.9. The van der Waals surface area contributed by atoms with Gasteiger partial charge in [-0.25, -0.2) is 8.78 Å². The summed E-state index contributed by atoms with van der Waals surface area (Å²) >= 11 is 6.22. The van der Waals surface area contributed by atoms with Gasteiger partial charge in [0.25, 0.3) is 5.92 Å². The topological polar surface area (TPSA) is 39.3 Å². The Morgan fingerprint density at radius 1 is 1.33 bits per heavy atom. The lowest BCUT2D eigenvalue weighted by atomic mass is 9.91. The molecule has 0 bridgehead atoms. The van der Waals surface area contributed by atoms with Gasteiger partial charge in [-0.05, 0) is 55.5 Å². The van der Waals surface area contributed by atoms with Gasteiger partial charge in [-0.15, -0.1) is 0 Å². The molecule has 2 aliphatic heterocycles. The van der Waals surface area contributed by atoms with Gasteiger partial charge in [-0.3, -0.25) is 9.69 Å². The van der Waals surface area contributed by atoms with Gasteiger partial charge in [0.05, 0.1) is 12.6 Å². The molecule has 1 unspecified atom stereocenters. The second-order valence-electron chi connectivity index (χ2n) is 9.18. The van der Waals surface area contributed by atoms with Gasteiger partial charge in [0.15, 0.2) is 0 Å². The molecule has 30 heavy (non-hydrogen) atoms. The number of carbonyl (C=O) groups excluding carboxylic acids is 1. The van der Waals surface area contributed by atoms with Crippen LogP contribution in [0.5, 0.6) is 0 Å². The molecule has 0 saturated carbocycles. The summed E-state index contributed by atoms with van der Waals surface area (Å²) in [6.45, 7) is 5.78. The Morgan fingerprint density at radius 2 is 2.13 bits per heavy atom. The summed E-state index contributed by atoms with van der Waals surface area (Å²) in [6, 6.07) is 5.84. The van der Waals surface area contributed by atoms with Crippen LogP contribution in [0.25, 0.3) is 10.9 Å². The molecule has 0 radical (unpaired) electrons. The molecule has 4 nitrogen and oxygen atoms in total. The summed E-state index contributed by atoms with van der Waals surface area (Å²) in [5.41, 5.74) is 3.39. The van der Waals surface area contributed by atoms with Crippen LogP contribution in [0.4, 0.5) is 8.78 Å². The summed E-state index contributed by atoms with van der Waals surface area (Å²) < 4.78 is 27.4. The van der Waals surface area contributed by atoms with E-state index < -0.39 is 5.92 Å². The number of amides is 1. The van der Waals surface area contributed by atoms with E-state index in [0.717, 1.165) is 29.4 Å². The normalized spacial score (nSPS) is 21.9. The van der Waals surface area contributed by atoms with Crippen molar-refractivity contribution in [2.24, 2.45) is 5.92 Å². The second kappa shape index (κ2) is 8.46. The molecule has 4 rings (SSSR count). The highest BCUT2D eigenvalue weighted by Crippen LogP contribution is 2.39. The molecule has 3 heterocycles. The fourth-order valence-corrected chi connectivity index (χ4v) is 5.14. The monoisotopic (exact) mass is 437 g/mol. The minimum absolute atomic E-state index is 0.0183. The van der Waals surface area contributed by atoms with Crippen LogP contribution in [-0.2, 0) is 11.2 Å². The molecular weight excluding hydrogens is 408 g/mol. The maximum Gasteiger partial charge on any atom is 0.260 e. The number of benzene rings is 1. The number of nitrogens with zero attached hydrogens (tertiary/aromatic N) is 2. The van der Waals surface area contributed by atoms with Gasteiger partial charge in [0, 0.05) is 47.6 Å². The van der Waals surface area contributed by atoms with E-state index in [1.807, 2.05) is 23.1 Å². The van der Waals surface area contributed by atoms with E-state index in [4.69, 9.17) is 11.6 Å². The lowest BCUT2D eigenvalue weighted by Gasteiger charge is -2.38. The maximum atomic E-state index is 13.7. The summed E-state index contributed by atoms with van der Waals surface area (Å²) in [5.74, 6) is -2.16. The molecule has 2 aliphatic rings. The van der Waals surface area contributed by atoms with E-state index in [1.165, 1.54) is 5.56 Å². The van der Waals surface area contributed by atoms with Crippen molar-refractivity contribution in [2.45, 2.75) is 57.9 Å². The molecule has 1 aromatic carbocycles. The molecule has 0 aliphatic carbocycles. The lowest BCUT2D eigenvalue weighted by Crippen LogP contribution is -2.45. The zero-order valence-electron chi connectivity index (χ0n) is 17.7. The fourth-order valence-electron chi connectivity index (χ4n) is 4.96. The SMILES string of the molecule is CC(C)CC1c2[nH]c3ccc(Cl)cc3c2CCN1C(=O)CCN1CCCC(F)(F)C1. The average molecular weight is 438 g/mol. The number of likely N-dealkylation sites (tertiary alicyclic amines) is 1. The molecule has 7 heteroatoms. The number of carbonyl (C=O) groups is 1. The van der Waals surface area contributed by atoms with Gasteiger partial charge < -0.3 is 9.88 Å². The number of H-pyrrole nitrogens is 1. The number of aromatic amines is 1. The Labute approximate surface area is 181 Å². The van der Waals surface area contributed by atoms with Crippen molar-refractivity contribution in [1.82, 2.24) is 14.8 Å². The first kappa shape index (κ1) is 21.6. The van der Waals surface area contributed by atoms with Crippen LogP contribution < -0.4 is 0 Å². The minimum Gasteiger partial charge on any atom is -0.356 e. The van der Waals surface area contributed by atoms with Gasteiger partial charge in [0.1, 0.15) is 0 Å². The third-order valence-corrected chi connectivity index (χ3v) is 6.58. The quantitative estimate of drug-likeness (QED) is 0.678. The van der Waals surface area contributed by atoms with E-state index in [9.17, 15) is 13.6 Å². The average Bonchev–Trinajstić information content (AvgIpc) is 3.03. The number of rotatable bonds is 5. The molecule has 1 N–H and O–H groups in total. The number of nitrogens with one attached hydrogen (secondary N) is 1.